The fourth-order valence-electron chi connectivity index (χ4n) is 2.89. The molecule has 24 heavy (non-hydrogen) atoms. The van der Waals surface area contributed by atoms with Gasteiger partial charge in [-0.1, -0.05) is 51.1 Å². The molecule has 1 aliphatic rings. The SMILES string of the molecule is CC(C)(C)c1ccc(C=C2C(=O)Nc3ccc(CCCl)cc32)cc1. The van der Waals surface area contributed by atoms with Gasteiger partial charge in [-0.2, -0.15) is 0 Å². The monoisotopic (exact) mass is 339 g/mol. The van der Waals surface area contributed by atoms with Gasteiger partial charge >= 0.3 is 0 Å². The second kappa shape index (κ2) is 6.45. The molecule has 1 heterocycles. The van der Waals surface area contributed by atoms with Crippen molar-refractivity contribution in [3.63, 3.8) is 0 Å². The quantitative estimate of drug-likeness (QED) is 0.600. The fraction of sp³-hybridized carbons (Fsp3) is 0.286. The van der Waals surface area contributed by atoms with E-state index >= 15 is 0 Å². The van der Waals surface area contributed by atoms with Crippen LogP contribution in [0.1, 0.15) is 43.0 Å². The maximum atomic E-state index is 12.3. The van der Waals surface area contributed by atoms with E-state index in [-0.39, 0.29) is 11.3 Å². The van der Waals surface area contributed by atoms with Gasteiger partial charge < -0.3 is 5.32 Å². The number of amides is 1. The first kappa shape index (κ1) is 16.8. The summed E-state index contributed by atoms with van der Waals surface area (Å²) in [6.45, 7) is 6.58. The highest BCUT2D eigenvalue weighted by atomic mass is 35.5. The molecule has 1 aliphatic heterocycles. The summed E-state index contributed by atoms with van der Waals surface area (Å²) in [4.78, 5) is 12.3. The molecule has 0 fully saturated rings. The molecule has 2 aromatic carbocycles. The largest absolute Gasteiger partial charge is 0.321 e. The average Bonchev–Trinajstić information content (AvgIpc) is 2.83. The highest BCUT2D eigenvalue weighted by Crippen LogP contribution is 2.34. The van der Waals surface area contributed by atoms with E-state index in [4.69, 9.17) is 11.6 Å². The van der Waals surface area contributed by atoms with Gasteiger partial charge in [0.1, 0.15) is 0 Å². The number of halogens is 1. The molecule has 0 saturated carbocycles. The summed E-state index contributed by atoms with van der Waals surface area (Å²) >= 11 is 5.84. The Morgan fingerprint density at radius 1 is 1.08 bits per heavy atom. The Balaban J connectivity index is 1.96. The number of carbonyl (C=O) groups excluding carboxylic acids is 1. The van der Waals surface area contributed by atoms with Gasteiger partial charge in [-0.15, -0.1) is 11.6 Å². The van der Waals surface area contributed by atoms with Crippen LogP contribution in [0, 0.1) is 0 Å². The Bertz CT molecular complexity index is 798. The molecule has 0 radical (unpaired) electrons. The summed E-state index contributed by atoms with van der Waals surface area (Å²) in [6, 6.07) is 14.4. The molecule has 0 unspecified atom stereocenters. The van der Waals surface area contributed by atoms with E-state index in [1.54, 1.807) is 0 Å². The first-order valence-corrected chi connectivity index (χ1v) is 8.75. The van der Waals surface area contributed by atoms with Crippen molar-refractivity contribution in [2.75, 3.05) is 11.2 Å². The van der Waals surface area contributed by atoms with Crippen LogP contribution in [0.3, 0.4) is 0 Å². The van der Waals surface area contributed by atoms with Crippen molar-refractivity contribution in [1.29, 1.82) is 0 Å². The number of aryl methyl sites for hydroxylation is 1. The summed E-state index contributed by atoms with van der Waals surface area (Å²) in [5.41, 5.74) is 6.13. The third-order valence-corrected chi connectivity index (χ3v) is 4.53. The Hall–Kier alpha value is -2.06. The highest BCUT2D eigenvalue weighted by Gasteiger charge is 2.24. The van der Waals surface area contributed by atoms with Gasteiger partial charge in [0, 0.05) is 22.7 Å². The molecular weight excluding hydrogens is 318 g/mol. The van der Waals surface area contributed by atoms with E-state index in [1.165, 1.54) is 5.56 Å². The van der Waals surface area contributed by atoms with Crippen LogP contribution in [0.2, 0.25) is 0 Å². The van der Waals surface area contributed by atoms with Gasteiger partial charge in [-0.3, -0.25) is 4.79 Å². The van der Waals surface area contributed by atoms with E-state index in [0.717, 1.165) is 28.8 Å². The number of anilines is 1. The van der Waals surface area contributed by atoms with Crippen LogP contribution in [0.5, 0.6) is 0 Å². The lowest BCUT2D eigenvalue weighted by atomic mass is 9.86. The third kappa shape index (κ3) is 3.39. The molecule has 1 N–H and O–H groups in total. The number of fused-ring (bicyclic) bond motifs is 1. The second-order valence-corrected chi connectivity index (χ2v) is 7.58. The Labute approximate surface area is 148 Å². The van der Waals surface area contributed by atoms with Crippen molar-refractivity contribution in [3.05, 3.63) is 64.7 Å². The molecular formula is C21H22ClNO. The Kier molecular flexibility index (Phi) is 4.51. The molecule has 0 aliphatic carbocycles. The van der Waals surface area contributed by atoms with Crippen LogP contribution in [0.4, 0.5) is 5.69 Å². The van der Waals surface area contributed by atoms with E-state index in [2.05, 4.69) is 56.4 Å². The first-order valence-electron chi connectivity index (χ1n) is 8.21. The van der Waals surface area contributed by atoms with E-state index < -0.39 is 0 Å². The Morgan fingerprint density at radius 3 is 2.42 bits per heavy atom. The number of carbonyl (C=O) groups is 1. The van der Waals surface area contributed by atoms with E-state index in [1.807, 2.05) is 18.2 Å². The zero-order valence-corrected chi connectivity index (χ0v) is 15.1. The molecule has 0 atom stereocenters. The van der Waals surface area contributed by atoms with Gasteiger partial charge in [0.2, 0.25) is 0 Å². The van der Waals surface area contributed by atoms with Crippen molar-refractivity contribution in [1.82, 2.24) is 0 Å². The maximum absolute atomic E-state index is 12.3. The van der Waals surface area contributed by atoms with Crippen LogP contribution in [-0.4, -0.2) is 11.8 Å². The lowest BCUT2D eigenvalue weighted by Gasteiger charge is -2.18. The molecule has 1 amide bonds. The van der Waals surface area contributed by atoms with Crippen LogP contribution >= 0.6 is 11.6 Å². The second-order valence-electron chi connectivity index (χ2n) is 7.20. The molecule has 124 valence electrons. The zero-order valence-electron chi connectivity index (χ0n) is 14.3. The number of rotatable bonds is 3. The summed E-state index contributed by atoms with van der Waals surface area (Å²) in [5, 5.41) is 2.93. The van der Waals surface area contributed by atoms with Crippen molar-refractivity contribution in [2.45, 2.75) is 32.6 Å². The van der Waals surface area contributed by atoms with Crippen molar-refractivity contribution in [2.24, 2.45) is 0 Å². The topological polar surface area (TPSA) is 29.1 Å². The van der Waals surface area contributed by atoms with Gasteiger partial charge in [-0.05, 0) is 46.7 Å². The van der Waals surface area contributed by atoms with E-state index in [0.29, 0.717) is 11.5 Å². The van der Waals surface area contributed by atoms with Crippen molar-refractivity contribution < 1.29 is 4.79 Å². The molecule has 0 aromatic heterocycles. The molecule has 2 aromatic rings. The van der Waals surface area contributed by atoms with Gasteiger partial charge in [-0.25, -0.2) is 0 Å². The van der Waals surface area contributed by atoms with Crippen molar-refractivity contribution >= 4 is 34.8 Å². The number of alkyl halides is 1. The zero-order chi connectivity index (χ0) is 17.3. The smallest absolute Gasteiger partial charge is 0.256 e. The van der Waals surface area contributed by atoms with Crippen LogP contribution in [0.15, 0.2) is 42.5 Å². The highest BCUT2D eigenvalue weighted by molar-refractivity contribution is 6.35. The Morgan fingerprint density at radius 2 is 1.79 bits per heavy atom. The minimum Gasteiger partial charge on any atom is -0.321 e. The predicted octanol–water partition coefficient (Wildman–Crippen LogP) is 5.26. The van der Waals surface area contributed by atoms with Gasteiger partial charge in [0.15, 0.2) is 0 Å². The molecule has 0 bridgehead atoms. The van der Waals surface area contributed by atoms with Crippen LogP contribution in [0.25, 0.3) is 11.6 Å². The molecule has 0 spiro atoms. The predicted molar refractivity (Wildman–Crippen MR) is 103 cm³/mol. The summed E-state index contributed by atoms with van der Waals surface area (Å²) < 4.78 is 0. The summed E-state index contributed by atoms with van der Waals surface area (Å²) in [6.07, 6.45) is 2.76. The fourth-order valence-corrected chi connectivity index (χ4v) is 3.11. The normalized spacial score (nSPS) is 15.5. The molecule has 3 rings (SSSR count). The number of benzene rings is 2. The lowest BCUT2D eigenvalue weighted by molar-refractivity contribution is -0.110. The summed E-state index contributed by atoms with van der Waals surface area (Å²) in [7, 11) is 0. The van der Waals surface area contributed by atoms with Gasteiger partial charge in [0.05, 0.1) is 0 Å². The van der Waals surface area contributed by atoms with Crippen molar-refractivity contribution in [3.8, 4) is 0 Å². The third-order valence-electron chi connectivity index (χ3n) is 4.34. The minimum atomic E-state index is -0.0482. The standard InChI is InChI=1S/C21H22ClNO/c1-21(2,3)16-7-4-14(5-8-16)13-18-17-12-15(10-11-22)6-9-19(17)23-20(18)24/h4-9,12-13H,10-11H2,1-3H3,(H,23,24). The molecule has 2 nitrogen and oxygen atoms in total. The number of hydrogen-bond donors (Lipinski definition) is 1. The summed E-state index contributed by atoms with van der Waals surface area (Å²) in [5.74, 6) is 0.529. The average molecular weight is 340 g/mol. The van der Waals surface area contributed by atoms with Gasteiger partial charge in [0.25, 0.3) is 5.91 Å². The molecule has 0 saturated heterocycles. The van der Waals surface area contributed by atoms with Crippen LogP contribution < -0.4 is 5.32 Å². The maximum Gasteiger partial charge on any atom is 0.256 e. The number of hydrogen-bond acceptors (Lipinski definition) is 1. The van der Waals surface area contributed by atoms with Crippen LogP contribution in [-0.2, 0) is 16.6 Å². The first-order chi connectivity index (χ1) is 11.4. The number of nitrogens with one attached hydrogen (secondary N) is 1. The lowest BCUT2D eigenvalue weighted by Crippen LogP contribution is -2.10. The molecule has 3 heteroatoms. The minimum absolute atomic E-state index is 0.0482. The van der Waals surface area contributed by atoms with E-state index in [9.17, 15) is 4.79 Å².